The Morgan fingerprint density at radius 3 is 1.97 bits per heavy atom. The predicted octanol–water partition coefficient (Wildman–Crippen LogP) is 13.5. The van der Waals surface area contributed by atoms with Crippen LogP contribution in [0.3, 0.4) is 0 Å². The van der Waals surface area contributed by atoms with Crippen molar-refractivity contribution in [2.45, 2.75) is 45.1 Å². The van der Waals surface area contributed by atoms with Crippen molar-refractivity contribution >= 4 is 51.5 Å². The minimum Gasteiger partial charge on any atom is -0.458 e. The molecule has 0 saturated heterocycles. The molecule has 3 nitrogen and oxygen atoms in total. The average Bonchev–Trinajstić information content (AvgIpc) is 3.68. The maximum absolute atomic E-state index is 7.14. The van der Waals surface area contributed by atoms with Crippen molar-refractivity contribution in [3.05, 3.63) is 217 Å². The fraction of sp³-hybridized carbons (Fsp3) is 0.119. The van der Waals surface area contributed by atoms with Gasteiger partial charge in [-0.1, -0.05) is 165 Å². The Hall–Kier alpha value is -7.30. The van der Waals surface area contributed by atoms with Gasteiger partial charge in [0.2, 0.25) is 0 Å². The molecular formula is C59H47BN2O. The Kier molecular flexibility index (Phi) is 9.07. The monoisotopic (exact) mass is 810 g/mol. The number of para-hydroxylation sites is 1. The zero-order valence-electron chi connectivity index (χ0n) is 35.7. The average molecular weight is 811 g/mol. The van der Waals surface area contributed by atoms with Crippen LogP contribution in [0.25, 0.3) is 33.4 Å². The number of ether oxygens (including phenoxy) is 1. The van der Waals surface area contributed by atoms with Gasteiger partial charge in [0.25, 0.3) is 6.71 Å². The van der Waals surface area contributed by atoms with Gasteiger partial charge in [0.1, 0.15) is 11.5 Å². The molecule has 0 radical (unpaired) electrons. The number of unbranched alkanes of at least 4 members (excludes halogenated alkanes) is 1. The molecule has 0 N–H and O–H groups in total. The predicted molar refractivity (Wildman–Crippen MR) is 265 cm³/mol. The number of hydrogen-bond acceptors (Lipinski definition) is 3. The van der Waals surface area contributed by atoms with Crippen molar-refractivity contribution in [1.82, 2.24) is 0 Å². The van der Waals surface area contributed by atoms with Crippen LogP contribution in [-0.4, -0.2) is 12.8 Å². The van der Waals surface area contributed by atoms with Crippen molar-refractivity contribution in [2.75, 3.05) is 9.80 Å². The highest BCUT2D eigenvalue weighted by molar-refractivity contribution is 6.99. The fourth-order valence-corrected chi connectivity index (χ4v) is 10.8. The second kappa shape index (κ2) is 15.3. The van der Waals surface area contributed by atoms with E-state index in [4.69, 9.17) is 4.74 Å². The summed E-state index contributed by atoms with van der Waals surface area (Å²) in [6, 6.07) is 65.6. The number of hydrogen-bond donors (Lipinski definition) is 0. The first kappa shape index (κ1) is 37.5. The molecule has 2 unspecified atom stereocenters. The van der Waals surface area contributed by atoms with Gasteiger partial charge in [-0.2, -0.15) is 0 Å². The number of anilines is 5. The van der Waals surface area contributed by atoms with E-state index in [1.165, 1.54) is 94.9 Å². The number of allylic oxidation sites excluding steroid dienone is 2. The van der Waals surface area contributed by atoms with Crippen LogP contribution in [0.5, 0.6) is 11.5 Å². The third-order valence-corrected chi connectivity index (χ3v) is 13.6. The van der Waals surface area contributed by atoms with Gasteiger partial charge in [-0.15, -0.1) is 0 Å². The summed E-state index contributed by atoms with van der Waals surface area (Å²) in [6.45, 7) is 4.46. The first-order valence-corrected chi connectivity index (χ1v) is 22.6. The molecule has 4 aliphatic rings. The minimum atomic E-state index is -0.0511. The van der Waals surface area contributed by atoms with Crippen LogP contribution in [0.1, 0.15) is 42.4 Å². The van der Waals surface area contributed by atoms with E-state index < -0.39 is 0 Å². The molecule has 3 heterocycles. The summed E-state index contributed by atoms with van der Waals surface area (Å²) in [5.74, 6) is 2.16. The van der Waals surface area contributed by atoms with E-state index in [0.29, 0.717) is 0 Å². The highest BCUT2D eigenvalue weighted by Crippen LogP contribution is 2.52. The Bertz CT molecular complexity index is 3060. The second-order valence-electron chi connectivity index (χ2n) is 17.5. The molecule has 3 aliphatic heterocycles. The number of fused-ring (bicyclic) bond motifs is 7. The quantitative estimate of drug-likeness (QED) is 0.142. The number of nitrogens with zero attached hydrogens (tertiary/aromatic N) is 2. The number of benzene rings is 8. The van der Waals surface area contributed by atoms with Crippen LogP contribution < -0.4 is 30.9 Å². The van der Waals surface area contributed by atoms with Gasteiger partial charge in [0, 0.05) is 39.8 Å². The largest absolute Gasteiger partial charge is 0.458 e. The van der Waals surface area contributed by atoms with Gasteiger partial charge in [-0.3, -0.25) is 0 Å². The molecule has 302 valence electrons. The normalized spacial score (nSPS) is 16.2. The lowest BCUT2D eigenvalue weighted by molar-refractivity contribution is 0.486. The molecule has 63 heavy (non-hydrogen) atoms. The summed E-state index contributed by atoms with van der Waals surface area (Å²) in [7, 11) is 0. The Labute approximate surface area is 371 Å². The summed E-state index contributed by atoms with van der Waals surface area (Å²) >= 11 is 0. The van der Waals surface area contributed by atoms with Gasteiger partial charge >= 0.3 is 0 Å². The number of aryl methyl sites for hydroxylation is 2. The highest BCUT2D eigenvalue weighted by atomic mass is 16.5. The molecule has 8 aromatic rings. The van der Waals surface area contributed by atoms with E-state index in [1.54, 1.807) is 0 Å². The van der Waals surface area contributed by atoms with Gasteiger partial charge in [0.05, 0.1) is 11.7 Å². The Morgan fingerprint density at radius 2 is 1.24 bits per heavy atom. The van der Waals surface area contributed by atoms with Crippen molar-refractivity contribution in [3.63, 3.8) is 0 Å². The van der Waals surface area contributed by atoms with E-state index in [-0.39, 0.29) is 18.7 Å². The van der Waals surface area contributed by atoms with Crippen LogP contribution >= 0.6 is 0 Å². The third kappa shape index (κ3) is 6.19. The van der Waals surface area contributed by atoms with Crippen LogP contribution in [0.2, 0.25) is 0 Å². The molecule has 0 fully saturated rings. The lowest BCUT2D eigenvalue weighted by atomic mass is 9.34. The van der Waals surface area contributed by atoms with Crippen molar-refractivity contribution in [2.24, 2.45) is 0 Å². The second-order valence-corrected chi connectivity index (χ2v) is 17.5. The van der Waals surface area contributed by atoms with Crippen LogP contribution in [0.4, 0.5) is 28.4 Å². The van der Waals surface area contributed by atoms with Crippen molar-refractivity contribution in [3.8, 4) is 44.9 Å². The molecule has 0 bridgehead atoms. The van der Waals surface area contributed by atoms with Gasteiger partial charge in [0.15, 0.2) is 0 Å². The Balaban J connectivity index is 1.18. The minimum absolute atomic E-state index is 0.0511. The van der Waals surface area contributed by atoms with E-state index >= 15 is 0 Å². The maximum atomic E-state index is 7.14. The Morgan fingerprint density at radius 1 is 0.556 bits per heavy atom. The zero-order valence-corrected chi connectivity index (χ0v) is 35.7. The van der Waals surface area contributed by atoms with E-state index in [0.717, 1.165) is 30.8 Å². The van der Waals surface area contributed by atoms with Crippen LogP contribution in [-0.2, 0) is 6.42 Å². The van der Waals surface area contributed by atoms with Gasteiger partial charge in [-0.25, -0.2) is 0 Å². The van der Waals surface area contributed by atoms with Gasteiger partial charge in [-0.05, 0) is 124 Å². The fourth-order valence-electron chi connectivity index (χ4n) is 10.8. The lowest BCUT2D eigenvalue weighted by Gasteiger charge is -2.42. The van der Waals surface area contributed by atoms with Crippen molar-refractivity contribution in [1.29, 1.82) is 0 Å². The smallest absolute Gasteiger partial charge is 0.256 e. The first-order valence-electron chi connectivity index (χ1n) is 22.6. The molecule has 0 spiro atoms. The molecule has 0 saturated carbocycles. The van der Waals surface area contributed by atoms with Crippen LogP contribution in [0.15, 0.2) is 200 Å². The van der Waals surface area contributed by atoms with Crippen molar-refractivity contribution < 1.29 is 4.74 Å². The summed E-state index contributed by atoms with van der Waals surface area (Å²) in [5.41, 5.74) is 20.7. The molecular weight excluding hydrogens is 763 g/mol. The highest BCUT2D eigenvalue weighted by Gasteiger charge is 2.44. The number of rotatable bonds is 8. The topological polar surface area (TPSA) is 15.7 Å². The summed E-state index contributed by atoms with van der Waals surface area (Å²) in [6.07, 6.45) is 12.4. The third-order valence-electron chi connectivity index (χ3n) is 13.6. The van der Waals surface area contributed by atoms with Crippen LogP contribution in [0, 0.1) is 6.92 Å². The van der Waals surface area contributed by atoms with E-state index in [2.05, 4.69) is 224 Å². The molecule has 1 aliphatic carbocycles. The zero-order chi connectivity index (χ0) is 42.0. The molecule has 2 atom stereocenters. The van der Waals surface area contributed by atoms with E-state index in [9.17, 15) is 0 Å². The molecule has 4 heteroatoms. The maximum Gasteiger partial charge on any atom is 0.256 e. The summed E-state index contributed by atoms with van der Waals surface area (Å²) < 4.78 is 7.14. The standard InChI is InChI=1S/C59H47BN2O/c1-3-4-18-40-35-55-58-57(36-40)63-56-32-29-44(41-19-8-5-9-20-41)37-51(56)60(58)50-31-30-45(61-52-27-16-14-25-46(52)47-26-15-17-28-53(47)61)38-54(50)62(55)59-48(42-21-10-6-11-22-42)33-39(2)34-49(59)43-23-12-7-13-24-43/h5-17,19-38,46,52H,3-4,18H2,1-2H3. The van der Waals surface area contributed by atoms with Gasteiger partial charge < -0.3 is 14.5 Å². The summed E-state index contributed by atoms with van der Waals surface area (Å²) in [4.78, 5) is 5.20. The molecule has 0 amide bonds. The lowest BCUT2D eigenvalue weighted by Crippen LogP contribution is -2.59. The molecule has 0 aromatic heterocycles. The summed E-state index contributed by atoms with van der Waals surface area (Å²) in [5, 5.41) is 0. The molecule has 12 rings (SSSR count). The SMILES string of the molecule is CCCCc1cc2c3c(c1)N(c1c(-c4ccccc4)cc(C)cc1-c1ccccc1)c1cc(N4c5ccccc5C5C=CC=CC54)ccc1B3c1cc(-c3ccccc3)ccc1O2. The molecule has 8 aromatic carbocycles. The first-order chi connectivity index (χ1) is 31.1. The van der Waals surface area contributed by atoms with E-state index in [1.807, 2.05) is 0 Å².